The second kappa shape index (κ2) is 4.62. The van der Waals surface area contributed by atoms with E-state index < -0.39 is 12.0 Å². The molecule has 4 nitrogen and oxygen atoms in total. The van der Waals surface area contributed by atoms with Gasteiger partial charge in [-0.25, -0.2) is 0 Å². The van der Waals surface area contributed by atoms with E-state index in [-0.39, 0.29) is 6.42 Å². The topological polar surface area (TPSA) is 72.5 Å². The standard InChI is InChI=1S/C10H13NO3/c1-14-8-4-2-3-7(5-8)9(11)6-10(12)13/h2-5,9H,6,11H2,1H3,(H,12,13)/t9-/m0/s1. The highest BCUT2D eigenvalue weighted by atomic mass is 16.5. The minimum atomic E-state index is -0.902. The lowest BCUT2D eigenvalue weighted by molar-refractivity contribution is -0.137. The van der Waals surface area contributed by atoms with E-state index in [1.54, 1.807) is 31.4 Å². The molecule has 14 heavy (non-hydrogen) atoms. The van der Waals surface area contributed by atoms with Gasteiger partial charge in [-0.1, -0.05) is 12.1 Å². The van der Waals surface area contributed by atoms with E-state index >= 15 is 0 Å². The fourth-order valence-electron chi connectivity index (χ4n) is 1.18. The summed E-state index contributed by atoms with van der Waals surface area (Å²) in [7, 11) is 1.56. The zero-order valence-electron chi connectivity index (χ0n) is 7.93. The van der Waals surface area contributed by atoms with E-state index in [1.807, 2.05) is 0 Å². The minimum absolute atomic E-state index is 0.0762. The summed E-state index contributed by atoms with van der Waals surface area (Å²) >= 11 is 0. The second-order valence-electron chi connectivity index (χ2n) is 2.98. The molecule has 3 N–H and O–H groups in total. The van der Waals surface area contributed by atoms with Crippen molar-refractivity contribution in [1.29, 1.82) is 0 Å². The molecule has 0 amide bonds. The lowest BCUT2D eigenvalue weighted by Crippen LogP contribution is -2.14. The zero-order chi connectivity index (χ0) is 10.6. The summed E-state index contributed by atoms with van der Waals surface area (Å²) in [6.45, 7) is 0. The number of carboxylic acids is 1. The van der Waals surface area contributed by atoms with Gasteiger partial charge in [0.2, 0.25) is 0 Å². The smallest absolute Gasteiger partial charge is 0.305 e. The molecule has 0 fully saturated rings. The molecule has 0 aliphatic carbocycles. The van der Waals surface area contributed by atoms with Crippen LogP contribution in [0.4, 0.5) is 0 Å². The fourth-order valence-corrected chi connectivity index (χ4v) is 1.18. The monoisotopic (exact) mass is 195 g/mol. The molecule has 0 saturated heterocycles. The molecule has 4 heteroatoms. The van der Waals surface area contributed by atoms with Gasteiger partial charge in [0.05, 0.1) is 13.5 Å². The van der Waals surface area contributed by atoms with Crippen molar-refractivity contribution in [3.05, 3.63) is 29.8 Å². The quantitative estimate of drug-likeness (QED) is 0.756. The zero-order valence-corrected chi connectivity index (χ0v) is 7.93. The van der Waals surface area contributed by atoms with Crippen LogP contribution in [0.5, 0.6) is 5.75 Å². The average Bonchev–Trinajstić information content (AvgIpc) is 2.17. The van der Waals surface area contributed by atoms with Crippen LogP contribution in [0.1, 0.15) is 18.0 Å². The molecule has 0 radical (unpaired) electrons. The number of carboxylic acid groups (broad SMARTS) is 1. The number of carbonyl (C=O) groups is 1. The lowest BCUT2D eigenvalue weighted by atomic mass is 10.0. The van der Waals surface area contributed by atoms with Gasteiger partial charge < -0.3 is 15.6 Å². The van der Waals surface area contributed by atoms with Crippen LogP contribution in [0.3, 0.4) is 0 Å². The summed E-state index contributed by atoms with van der Waals surface area (Å²) in [5.74, 6) is -0.219. The molecule has 1 aromatic rings. The molecular formula is C10H13NO3. The van der Waals surface area contributed by atoms with Gasteiger partial charge in [0.25, 0.3) is 0 Å². The van der Waals surface area contributed by atoms with Gasteiger partial charge in [0.1, 0.15) is 5.75 Å². The van der Waals surface area contributed by atoms with Crippen LogP contribution < -0.4 is 10.5 Å². The predicted octanol–water partition coefficient (Wildman–Crippen LogP) is 1.17. The molecule has 1 aromatic carbocycles. The van der Waals surface area contributed by atoms with E-state index in [0.29, 0.717) is 5.75 Å². The number of benzene rings is 1. The van der Waals surface area contributed by atoms with Crippen molar-refractivity contribution in [2.24, 2.45) is 5.73 Å². The number of hydrogen-bond donors (Lipinski definition) is 2. The summed E-state index contributed by atoms with van der Waals surface area (Å²) in [6.07, 6.45) is -0.0762. The SMILES string of the molecule is COc1cccc([C@@H](N)CC(=O)O)c1. The molecule has 0 saturated carbocycles. The number of nitrogens with two attached hydrogens (primary N) is 1. The van der Waals surface area contributed by atoms with Gasteiger partial charge in [0.15, 0.2) is 0 Å². The van der Waals surface area contributed by atoms with Crippen LogP contribution in [0, 0.1) is 0 Å². The van der Waals surface area contributed by atoms with Gasteiger partial charge in [-0.15, -0.1) is 0 Å². The van der Waals surface area contributed by atoms with Crippen molar-refractivity contribution in [2.75, 3.05) is 7.11 Å². The Morgan fingerprint density at radius 1 is 1.64 bits per heavy atom. The Balaban J connectivity index is 2.78. The highest BCUT2D eigenvalue weighted by molar-refractivity contribution is 5.67. The summed E-state index contributed by atoms with van der Waals surface area (Å²) < 4.78 is 5.01. The van der Waals surface area contributed by atoms with Gasteiger partial charge in [0, 0.05) is 6.04 Å². The maximum atomic E-state index is 10.4. The van der Waals surface area contributed by atoms with Gasteiger partial charge in [-0.05, 0) is 17.7 Å². The van der Waals surface area contributed by atoms with Crippen LogP contribution in [0.15, 0.2) is 24.3 Å². The summed E-state index contributed by atoms with van der Waals surface area (Å²) in [5.41, 5.74) is 6.45. The van der Waals surface area contributed by atoms with Crippen molar-refractivity contribution >= 4 is 5.97 Å². The molecule has 0 aliphatic heterocycles. The average molecular weight is 195 g/mol. The predicted molar refractivity (Wildman–Crippen MR) is 52.2 cm³/mol. The Bertz CT molecular complexity index is 325. The highest BCUT2D eigenvalue weighted by Crippen LogP contribution is 2.19. The summed E-state index contributed by atoms with van der Waals surface area (Å²) in [4.78, 5) is 10.4. The molecule has 0 bridgehead atoms. The first kappa shape index (κ1) is 10.5. The van der Waals surface area contributed by atoms with Crippen molar-refractivity contribution in [2.45, 2.75) is 12.5 Å². The second-order valence-corrected chi connectivity index (χ2v) is 2.98. The van der Waals surface area contributed by atoms with E-state index in [0.717, 1.165) is 5.56 Å². The van der Waals surface area contributed by atoms with E-state index in [2.05, 4.69) is 0 Å². The van der Waals surface area contributed by atoms with E-state index in [4.69, 9.17) is 15.6 Å². The minimum Gasteiger partial charge on any atom is -0.497 e. The van der Waals surface area contributed by atoms with Gasteiger partial charge >= 0.3 is 5.97 Å². The maximum Gasteiger partial charge on any atom is 0.305 e. The number of ether oxygens (including phenoxy) is 1. The fraction of sp³-hybridized carbons (Fsp3) is 0.300. The Morgan fingerprint density at radius 2 is 2.36 bits per heavy atom. The molecule has 0 aliphatic rings. The molecule has 0 unspecified atom stereocenters. The van der Waals surface area contributed by atoms with Gasteiger partial charge in [-0.2, -0.15) is 0 Å². The Hall–Kier alpha value is -1.55. The third-order valence-electron chi connectivity index (χ3n) is 1.92. The molecule has 0 aromatic heterocycles. The molecule has 1 rings (SSSR count). The van der Waals surface area contributed by atoms with Crippen LogP contribution >= 0.6 is 0 Å². The van der Waals surface area contributed by atoms with Crippen molar-refractivity contribution < 1.29 is 14.6 Å². The first-order valence-electron chi connectivity index (χ1n) is 4.25. The maximum absolute atomic E-state index is 10.4. The summed E-state index contributed by atoms with van der Waals surface area (Å²) in [5, 5.41) is 8.56. The number of methoxy groups -OCH3 is 1. The van der Waals surface area contributed by atoms with Crippen molar-refractivity contribution in [3.8, 4) is 5.75 Å². The van der Waals surface area contributed by atoms with Crippen molar-refractivity contribution in [1.82, 2.24) is 0 Å². The largest absolute Gasteiger partial charge is 0.497 e. The van der Waals surface area contributed by atoms with E-state index in [9.17, 15) is 4.79 Å². The highest BCUT2D eigenvalue weighted by Gasteiger charge is 2.10. The molecule has 1 atom stereocenters. The first-order valence-corrected chi connectivity index (χ1v) is 4.25. The third kappa shape index (κ3) is 2.74. The Kier molecular flexibility index (Phi) is 3.48. The Labute approximate surface area is 82.3 Å². The molecule has 0 heterocycles. The first-order chi connectivity index (χ1) is 6.63. The normalized spacial score (nSPS) is 12.1. The molecule has 76 valence electrons. The van der Waals surface area contributed by atoms with Crippen LogP contribution in [0.2, 0.25) is 0 Å². The van der Waals surface area contributed by atoms with Crippen molar-refractivity contribution in [3.63, 3.8) is 0 Å². The van der Waals surface area contributed by atoms with Crippen LogP contribution in [0.25, 0.3) is 0 Å². The third-order valence-corrected chi connectivity index (χ3v) is 1.92. The van der Waals surface area contributed by atoms with Gasteiger partial charge in [-0.3, -0.25) is 4.79 Å². The number of hydrogen-bond acceptors (Lipinski definition) is 3. The molecular weight excluding hydrogens is 182 g/mol. The van der Waals surface area contributed by atoms with Crippen LogP contribution in [-0.4, -0.2) is 18.2 Å². The summed E-state index contributed by atoms with van der Waals surface area (Å²) in [6, 6.07) is 6.62. The van der Waals surface area contributed by atoms with Crippen LogP contribution in [-0.2, 0) is 4.79 Å². The Morgan fingerprint density at radius 3 is 2.93 bits per heavy atom. The lowest BCUT2D eigenvalue weighted by Gasteiger charge is -2.10. The molecule has 0 spiro atoms. The van der Waals surface area contributed by atoms with E-state index in [1.165, 1.54) is 0 Å². The number of rotatable bonds is 4. The number of aliphatic carboxylic acids is 1.